The van der Waals surface area contributed by atoms with Crippen molar-refractivity contribution in [1.29, 1.82) is 0 Å². The number of carbonyl (C=O) groups excluding carboxylic acids is 7. The van der Waals surface area contributed by atoms with Gasteiger partial charge in [0.15, 0.2) is 35.2 Å². The van der Waals surface area contributed by atoms with Crippen molar-refractivity contribution >= 4 is 41.5 Å². The van der Waals surface area contributed by atoms with E-state index in [-0.39, 0.29) is 13.2 Å². The number of carbonyl (C=O) groups is 7. The van der Waals surface area contributed by atoms with Crippen LogP contribution in [0.25, 0.3) is 0 Å². The molecule has 4 amide bonds. The lowest BCUT2D eigenvalue weighted by Gasteiger charge is -2.36. The van der Waals surface area contributed by atoms with Crippen molar-refractivity contribution in [2.24, 2.45) is 5.73 Å². The van der Waals surface area contributed by atoms with Gasteiger partial charge in [-0.05, 0) is 168 Å². The Balaban J connectivity index is 0.000000246. The Morgan fingerprint density at radius 3 is 1.32 bits per heavy atom. The van der Waals surface area contributed by atoms with Crippen LogP contribution in [0, 0.1) is 23.7 Å². The molecule has 2 aliphatic heterocycles. The van der Waals surface area contributed by atoms with Crippen LogP contribution >= 0.6 is 0 Å². The molecule has 4 atom stereocenters. The first-order valence-electron chi connectivity index (χ1n) is 28.2. The molecule has 4 N–H and O–H groups in total. The van der Waals surface area contributed by atoms with E-state index in [1.807, 2.05) is 36.4 Å². The molecule has 0 aliphatic carbocycles. The third-order valence-electron chi connectivity index (χ3n) is 14.7. The first kappa shape index (κ1) is 65.4. The quantitative estimate of drug-likeness (QED) is 0.0375. The number of nitrogens with one attached hydrogen (secondary N) is 2. The van der Waals surface area contributed by atoms with Gasteiger partial charge in [-0.15, -0.1) is 0 Å². The fraction of sp³-hybridized carbons (Fsp3) is 0.358. The molecule has 18 nitrogen and oxygen atoms in total. The van der Waals surface area contributed by atoms with E-state index in [9.17, 15) is 33.6 Å². The number of nitrogens with zero attached hydrogens (tertiary/aromatic N) is 2. The SMILES string of the molecule is CNC(=O)[C@@](C)(C(=O)COC1CCCCO1)N(C)C(=O)c1ccc(C#Cc2ccc(C=O)cc2)cc1.CNC(=O)[C@@](C)(C(=O)COC1CCCCO1)N(C)C(=O)c1ccc(C#Cc2ccc(CCCc3ccco3)cc2)cc1.NCc1ccco1. The van der Waals surface area contributed by atoms with Crippen LogP contribution in [0.1, 0.15) is 129 Å². The number of likely N-dealkylation sites (N-methyl/N-ethyl adjacent to an activating group) is 4. The molecule has 2 aliphatic rings. The number of amides is 4. The van der Waals surface area contributed by atoms with E-state index < -0.39 is 58.9 Å². The monoisotopic (exact) mass is 1160 g/mol. The highest BCUT2D eigenvalue weighted by Gasteiger charge is 2.48. The summed E-state index contributed by atoms with van der Waals surface area (Å²) in [7, 11) is 5.71. The topological polar surface area (TPSA) is 239 Å². The first-order valence-corrected chi connectivity index (χ1v) is 28.2. The summed E-state index contributed by atoms with van der Waals surface area (Å²) in [5, 5.41) is 4.99. The molecule has 2 fully saturated rings. The Hall–Kier alpha value is -8.75. The van der Waals surface area contributed by atoms with Gasteiger partial charge in [0, 0.05) is 86.8 Å². The maximum atomic E-state index is 13.4. The number of hydrogen-bond donors (Lipinski definition) is 3. The van der Waals surface area contributed by atoms with Gasteiger partial charge in [0.05, 0.1) is 19.1 Å². The summed E-state index contributed by atoms with van der Waals surface area (Å²) in [6.07, 6.45) is 11.1. The van der Waals surface area contributed by atoms with Gasteiger partial charge in [0.2, 0.25) is 0 Å². The highest BCUT2D eigenvalue weighted by Crippen LogP contribution is 2.24. The molecule has 0 radical (unpaired) electrons. The van der Waals surface area contributed by atoms with Crippen LogP contribution in [-0.2, 0) is 57.5 Å². The Kier molecular flexibility index (Phi) is 25.3. The van der Waals surface area contributed by atoms with Crippen LogP contribution in [0.4, 0.5) is 0 Å². The molecular weight excluding hydrogens is 1080 g/mol. The molecule has 0 saturated carbocycles. The molecule has 85 heavy (non-hydrogen) atoms. The number of hydrogen-bond acceptors (Lipinski definition) is 14. The lowest BCUT2D eigenvalue weighted by Crippen LogP contribution is -2.62. The van der Waals surface area contributed by atoms with Gasteiger partial charge in [-0.3, -0.25) is 33.6 Å². The summed E-state index contributed by atoms with van der Waals surface area (Å²) < 4.78 is 32.5. The van der Waals surface area contributed by atoms with E-state index in [1.165, 1.54) is 47.6 Å². The van der Waals surface area contributed by atoms with E-state index >= 15 is 0 Å². The van der Waals surface area contributed by atoms with E-state index in [0.717, 1.165) is 89.2 Å². The van der Waals surface area contributed by atoms with Gasteiger partial charge in [0.1, 0.15) is 31.0 Å². The number of benzene rings is 4. The average Bonchev–Trinajstić information content (AvgIpc) is 4.06. The van der Waals surface area contributed by atoms with Crippen molar-refractivity contribution in [3.8, 4) is 23.7 Å². The maximum absolute atomic E-state index is 13.4. The van der Waals surface area contributed by atoms with Crippen LogP contribution in [-0.4, -0.2) is 130 Å². The van der Waals surface area contributed by atoms with Crippen LogP contribution in [0.2, 0.25) is 0 Å². The molecule has 446 valence electrons. The van der Waals surface area contributed by atoms with Crippen molar-refractivity contribution in [3.63, 3.8) is 0 Å². The third kappa shape index (κ3) is 18.6. The van der Waals surface area contributed by atoms with Crippen molar-refractivity contribution in [3.05, 3.63) is 190 Å². The van der Waals surface area contributed by atoms with Crippen LogP contribution < -0.4 is 16.4 Å². The molecule has 2 unspecified atom stereocenters. The Morgan fingerprint density at radius 2 is 0.976 bits per heavy atom. The van der Waals surface area contributed by atoms with Crippen molar-refractivity contribution in [1.82, 2.24) is 20.4 Å². The highest BCUT2D eigenvalue weighted by molar-refractivity contribution is 6.15. The second-order valence-corrected chi connectivity index (χ2v) is 20.4. The second kappa shape index (κ2) is 32.9. The smallest absolute Gasteiger partial charge is 0.254 e. The minimum absolute atomic E-state index is 0.304. The molecule has 4 aromatic carbocycles. The normalized spacial score (nSPS) is 15.7. The molecule has 4 heterocycles. The summed E-state index contributed by atoms with van der Waals surface area (Å²) in [5.41, 5.74) is 7.19. The number of rotatable bonds is 20. The molecular formula is C67H75N5O13. The predicted octanol–water partition coefficient (Wildman–Crippen LogP) is 7.87. The predicted molar refractivity (Wildman–Crippen MR) is 319 cm³/mol. The standard InChI is InChI=1S/C34H38N2O6.C28H30N2O6.C5H7NO/c1-34(33(39)35-2,30(37)24-42-31-11-4-5-22-41-31)36(3)32(38)28-20-18-27(19-21-28)17-16-26-14-12-25(13-15-26)8-6-9-29-10-7-23-40-29;1-28(27(34)29-2,24(32)19-36-25-6-4-5-17-35-25)30(3)26(33)23-15-13-21(14-16-23)8-7-20-9-11-22(18-31)12-10-20;6-4-5-2-1-3-7-5/h7,10,12-15,18-21,23,31H,4-6,8-9,11,22,24H2,1-3H3,(H,35,39);9-16,18,25H,4-6,17,19H2,1-3H3,(H,29,34);1-3H,4,6H2/t31?,34-;25?,28-;/m11./s1. The van der Waals surface area contributed by atoms with E-state index in [1.54, 1.807) is 85.3 Å². The zero-order valence-corrected chi connectivity index (χ0v) is 49.1. The van der Waals surface area contributed by atoms with Gasteiger partial charge >= 0.3 is 0 Å². The number of furan rings is 2. The summed E-state index contributed by atoms with van der Waals surface area (Å²) in [4.78, 5) is 91.7. The lowest BCUT2D eigenvalue weighted by atomic mass is 9.92. The van der Waals surface area contributed by atoms with Crippen molar-refractivity contribution < 1.29 is 61.3 Å². The minimum Gasteiger partial charge on any atom is -0.469 e. The van der Waals surface area contributed by atoms with E-state index in [0.29, 0.717) is 54.9 Å². The molecule has 0 spiro atoms. The second-order valence-electron chi connectivity index (χ2n) is 20.4. The molecule has 2 saturated heterocycles. The fourth-order valence-corrected chi connectivity index (χ4v) is 8.95. The Bertz CT molecular complexity index is 3260. The average molecular weight is 1160 g/mol. The number of ether oxygens (including phenoxy) is 4. The summed E-state index contributed by atoms with van der Waals surface area (Å²) >= 11 is 0. The van der Waals surface area contributed by atoms with Crippen LogP contribution in [0.3, 0.4) is 0 Å². The Labute approximate surface area is 497 Å². The van der Waals surface area contributed by atoms with Gasteiger partial charge < -0.3 is 53.9 Å². The number of nitrogens with two attached hydrogens (primary N) is 1. The third-order valence-corrected chi connectivity index (χ3v) is 14.7. The minimum atomic E-state index is -1.77. The number of aryl methyl sites for hydroxylation is 2. The van der Waals surface area contributed by atoms with Crippen LogP contribution in [0.15, 0.2) is 143 Å². The molecule has 2 aromatic heterocycles. The van der Waals surface area contributed by atoms with Crippen molar-refractivity contribution in [2.75, 3.05) is 54.6 Å². The van der Waals surface area contributed by atoms with Gasteiger partial charge in [0.25, 0.3) is 23.6 Å². The zero-order chi connectivity index (χ0) is 61.2. The first-order chi connectivity index (χ1) is 41.0. The Morgan fingerprint density at radius 1 is 0.576 bits per heavy atom. The number of Topliss-reactive ketones (excluding diaryl/α,β-unsaturated/α-hetero) is 2. The number of aldehydes is 1. The van der Waals surface area contributed by atoms with Crippen molar-refractivity contribution in [2.45, 2.75) is 102 Å². The fourth-order valence-electron chi connectivity index (χ4n) is 8.95. The molecule has 18 heteroatoms. The number of ketones is 2. The van der Waals surface area contributed by atoms with Gasteiger partial charge in [-0.1, -0.05) is 47.9 Å². The van der Waals surface area contributed by atoms with Gasteiger partial charge in [-0.2, -0.15) is 0 Å². The maximum Gasteiger partial charge on any atom is 0.254 e. The molecule has 6 aromatic rings. The summed E-state index contributed by atoms with van der Waals surface area (Å²) in [6.45, 7) is 3.78. The zero-order valence-electron chi connectivity index (χ0n) is 49.1. The van der Waals surface area contributed by atoms with Gasteiger partial charge in [-0.25, -0.2) is 0 Å². The van der Waals surface area contributed by atoms with E-state index in [4.69, 9.17) is 33.5 Å². The molecule has 0 bridgehead atoms. The largest absolute Gasteiger partial charge is 0.469 e. The summed E-state index contributed by atoms with van der Waals surface area (Å²) in [6, 6.07) is 36.0. The molecule has 8 rings (SSSR count). The van der Waals surface area contributed by atoms with E-state index in [2.05, 4.69) is 46.4 Å². The summed E-state index contributed by atoms with van der Waals surface area (Å²) in [5.74, 6) is 10.9. The van der Waals surface area contributed by atoms with Crippen LogP contribution in [0.5, 0.6) is 0 Å². The lowest BCUT2D eigenvalue weighted by molar-refractivity contribution is -0.174. The highest BCUT2D eigenvalue weighted by atomic mass is 16.7.